The predicted octanol–water partition coefficient (Wildman–Crippen LogP) is 2.25. The molecule has 0 heterocycles. The van der Waals surface area contributed by atoms with Crippen molar-refractivity contribution in [1.82, 2.24) is 4.90 Å². The number of amides is 1. The van der Waals surface area contributed by atoms with Crippen molar-refractivity contribution in [1.29, 1.82) is 0 Å². The van der Waals surface area contributed by atoms with Crippen LogP contribution in [0.4, 0.5) is 5.69 Å². The van der Waals surface area contributed by atoms with Gasteiger partial charge >= 0.3 is 0 Å². The van der Waals surface area contributed by atoms with Crippen LogP contribution in [0.15, 0.2) is 12.1 Å². The van der Waals surface area contributed by atoms with E-state index in [1.165, 1.54) is 5.56 Å². The SMILES string of the molecule is Cc1cc(C)c(NC(=O)CN(C)C(C)(C)CO)c(C)c1. The first kappa shape index (κ1) is 16.7. The fraction of sp³-hybridized carbons (Fsp3) is 0.562. The quantitative estimate of drug-likeness (QED) is 0.868. The van der Waals surface area contributed by atoms with E-state index in [-0.39, 0.29) is 19.1 Å². The van der Waals surface area contributed by atoms with Crippen molar-refractivity contribution in [3.8, 4) is 0 Å². The molecule has 0 fully saturated rings. The molecule has 1 aromatic rings. The molecule has 0 aliphatic rings. The van der Waals surface area contributed by atoms with Gasteiger partial charge in [-0.05, 0) is 52.8 Å². The number of hydrogen-bond acceptors (Lipinski definition) is 3. The molecule has 0 saturated heterocycles. The average Bonchev–Trinajstić information content (AvgIpc) is 2.33. The van der Waals surface area contributed by atoms with Crippen molar-refractivity contribution in [2.75, 3.05) is 25.5 Å². The molecular formula is C16H26N2O2. The summed E-state index contributed by atoms with van der Waals surface area (Å²) in [4.78, 5) is 14.0. The number of likely N-dealkylation sites (N-methyl/N-ethyl adjacent to an activating group) is 1. The van der Waals surface area contributed by atoms with Gasteiger partial charge in [0.25, 0.3) is 0 Å². The summed E-state index contributed by atoms with van der Waals surface area (Å²) < 4.78 is 0. The third kappa shape index (κ3) is 4.05. The minimum atomic E-state index is -0.408. The van der Waals surface area contributed by atoms with Gasteiger partial charge in [0.15, 0.2) is 0 Å². The molecule has 20 heavy (non-hydrogen) atoms. The van der Waals surface area contributed by atoms with Gasteiger partial charge in [0, 0.05) is 11.2 Å². The molecule has 1 amide bonds. The van der Waals surface area contributed by atoms with Gasteiger partial charge in [0.05, 0.1) is 13.2 Å². The molecule has 4 nitrogen and oxygen atoms in total. The number of nitrogens with one attached hydrogen (secondary N) is 1. The Balaban J connectivity index is 2.78. The first-order valence-corrected chi connectivity index (χ1v) is 6.87. The second-order valence-electron chi connectivity index (χ2n) is 6.15. The van der Waals surface area contributed by atoms with Crippen LogP contribution in [0.2, 0.25) is 0 Å². The van der Waals surface area contributed by atoms with Crippen LogP contribution in [-0.4, -0.2) is 41.7 Å². The van der Waals surface area contributed by atoms with E-state index >= 15 is 0 Å². The molecule has 2 N–H and O–H groups in total. The van der Waals surface area contributed by atoms with Gasteiger partial charge < -0.3 is 10.4 Å². The van der Waals surface area contributed by atoms with Crippen LogP contribution >= 0.6 is 0 Å². The second-order valence-corrected chi connectivity index (χ2v) is 6.15. The number of carbonyl (C=O) groups excluding carboxylic acids is 1. The van der Waals surface area contributed by atoms with Crippen molar-refractivity contribution >= 4 is 11.6 Å². The fourth-order valence-corrected chi connectivity index (χ4v) is 2.11. The van der Waals surface area contributed by atoms with Crippen LogP contribution in [0, 0.1) is 20.8 Å². The minimum absolute atomic E-state index is 0.0133. The number of aliphatic hydroxyl groups excluding tert-OH is 1. The van der Waals surface area contributed by atoms with Gasteiger partial charge in [-0.1, -0.05) is 17.7 Å². The second kappa shape index (κ2) is 6.37. The third-order valence-corrected chi connectivity index (χ3v) is 3.74. The number of aryl methyl sites for hydroxylation is 3. The zero-order valence-electron chi connectivity index (χ0n) is 13.4. The summed E-state index contributed by atoms with van der Waals surface area (Å²) in [5.41, 5.74) is 3.81. The molecule has 1 aromatic carbocycles. The van der Waals surface area contributed by atoms with E-state index in [1.807, 2.05) is 46.6 Å². The molecule has 112 valence electrons. The summed E-state index contributed by atoms with van der Waals surface area (Å²) in [6, 6.07) is 4.12. The number of nitrogens with zero attached hydrogens (tertiary/aromatic N) is 1. The van der Waals surface area contributed by atoms with Crippen LogP contribution in [0.5, 0.6) is 0 Å². The summed E-state index contributed by atoms with van der Waals surface area (Å²) >= 11 is 0. The monoisotopic (exact) mass is 278 g/mol. The highest BCUT2D eigenvalue weighted by Crippen LogP contribution is 2.22. The van der Waals surface area contributed by atoms with E-state index in [0.29, 0.717) is 0 Å². The highest BCUT2D eigenvalue weighted by molar-refractivity contribution is 5.93. The van der Waals surface area contributed by atoms with Gasteiger partial charge in [-0.2, -0.15) is 0 Å². The zero-order chi connectivity index (χ0) is 15.5. The Hall–Kier alpha value is -1.39. The largest absolute Gasteiger partial charge is 0.394 e. The zero-order valence-corrected chi connectivity index (χ0v) is 13.4. The van der Waals surface area contributed by atoms with Crippen LogP contribution in [0.1, 0.15) is 30.5 Å². The standard InChI is InChI=1S/C16H26N2O2/c1-11-7-12(2)15(13(3)8-11)17-14(20)9-18(6)16(4,5)10-19/h7-8,19H,9-10H2,1-6H3,(H,17,20). The van der Waals surface area contributed by atoms with Crippen molar-refractivity contribution < 1.29 is 9.90 Å². The van der Waals surface area contributed by atoms with E-state index in [4.69, 9.17) is 0 Å². The highest BCUT2D eigenvalue weighted by Gasteiger charge is 2.24. The average molecular weight is 278 g/mol. The first-order valence-electron chi connectivity index (χ1n) is 6.87. The molecule has 0 unspecified atom stereocenters. The molecule has 4 heteroatoms. The number of aliphatic hydroxyl groups is 1. The molecule has 0 bridgehead atoms. The molecular weight excluding hydrogens is 252 g/mol. The number of hydrogen-bond donors (Lipinski definition) is 2. The summed E-state index contributed by atoms with van der Waals surface area (Å²) in [5.74, 6) is -0.0657. The van der Waals surface area contributed by atoms with E-state index in [2.05, 4.69) is 17.4 Å². The summed E-state index contributed by atoms with van der Waals surface area (Å²) in [5, 5.41) is 12.3. The van der Waals surface area contributed by atoms with Crippen molar-refractivity contribution in [3.63, 3.8) is 0 Å². The Labute approximate surface area is 121 Å². The van der Waals surface area contributed by atoms with Gasteiger partial charge in [0.1, 0.15) is 0 Å². The van der Waals surface area contributed by atoms with E-state index in [9.17, 15) is 9.90 Å². The van der Waals surface area contributed by atoms with Crippen molar-refractivity contribution in [3.05, 3.63) is 28.8 Å². The number of carbonyl (C=O) groups is 1. The Morgan fingerprint density at radius 2 is 1.75 bits per heavy atom. The summed E-state index contributed by atoms with van der Waals surface area (Å²) in [7, 11) is 1.84. The van der Waals surface area contributed by atoms with Gasteiger partial charge in [-0.3, -0.25) is 9.69 Å². The molecule has 1 rings (SSSR count). The molecule has 0 radical (unpaired) electrons. The maximum Gasteiger partial charge on any atom is 0.238 e. The molecule has 0 atom stereocenters. The third-order valence-electron chi connectivity index (χ3n) is 3.74. The summed E-state index contributed by atoms with van der Waals surface area (Å²) in [6.07, 6.45) is 0. The van der Waals surface area contributed by atoms with E-state index in [1.54, 1.807) is 0 Å². The lowest BCUT2D eigenvalue weighted by molar-refractivity contribution is -0.118. The van der Waals surface area contributed by atoms with Crippen LogP contribution in [-0.2, 0) is 4.79 Å². The van der Waals surface area contributed by atoms with Gasteiger partial charge in [0.2, 0.25) is 5.91 Å². The normalized spacial score (nSPS) is 11.8. The Morgan fingerprint density at radius 3 is 2.20 bits per heavy atom. The predicted molar refractivity (Wildman–Crippen MR) is 83.1 cm³/mol. The van der Waals surface area contributed by atoms with Crippen LogP contribution < -0.4 is 5.32 Å². The molecule has 0 aromatic heterocycles. The molecule has 0 spiro atoms. The Bertz CT molecular complexity index is 472. The smallest absolute Gasteiger partial charge is 0.238 e. The number of rotatable bonds is 5. The first-order chi connectivity index (χ1) is 9.17. The minimum Gasteiger partial charge on any atom is -0.394 e. The summed E-state index contributed by atoms with van der Waals surface area (Å²) in [6.45, 7) is 10.1. The number of benzene rings is 1. The van der Waals surface area contributed by atoms with Gasteiger partial charge in [-0.25, -0.2) is 0 Å². The Kier molecular flexibility index (Phi) is 5.31. The maximum atomic E-state index is 12.1. The van der Waals surface area contributed by atoms with E-state index in [0.717, 1.165) is 16.8 Å². The van der Waals surface area contributed by atoms with Crippen molar-refractivity contribution in [2.45, 2.75) is 40.2 Å². The maximum absolute atomic E-state index is 12.1. The number of anilines is 1. The molecule has 0 saturated carbocycles. The lowest BCUT2D eigenvalue weighted by Crippen LogP contribution is -2.47. The fourth-order valence-electron chi connectivity index (χ4n) is 2.11. The topological polar surface area (TPSA) is 52.6 Å². The lowest BCUT2D eigenvalue weighted by Gasteiger charge is -2.33. The highest BCUT2D eigenvalue weighted by atomic mass is 16.3. The van der Waals surface area contributed by atoms with Gasteiger partial charge in [-0.15, -0.1) is 0 Å². The Morgan fingerprint density at radius 1 is 1.25 bits per heavy atom. The van der Waals surface area contributed by atoms with E-state index < -0.39 is 5.54 Å². The van der Waals surface area contributed by atoms with Crippen LogP contribution in [0.25, 0.3) is 0 Å². The molecule has 0 aliphatic heterocycles. The lowest BCUT2D eigenvalue weighted by atomic mass is 10.0. The van der Waals surface area contributed by atoms with Crippen LogP contribution in [0.3, 0.4) is 0 Å². The molecule has 0 aliphatic carbocycles. The van der Waals surface area contributed by atoms with Crippen molar-refractivity contribution in [2.24, 2.45) is 0 Å².